The molecule has 14 heteroatoms. The van der Waals surface area contributed by atoms with Crippen LogP contribution in [0.4, 0.5) is 0 Å². The lowest BCUT2D eigenvalue weighted by molar-refractivity contribution is -0.359. The number of carbonyl (C=O) groups excluding carboxylic acids is 1. The third-order valence-corrected chi connectivity index (χ3v) is 17.9. The largest absolute Gasteiger partial charge is 0.394 e. The molecule has 89 heavy (non-hydrogen) atoms. The van der Waals surface area contributed by atoms with Crippen molar-refractivity contribution in [1.82, 2.24) is 5.32 Å². The molecule has 12 unspecified atom stereocenters. The van der Waals surface area contributed by atoms with Crippen molar-refractivity contribution >= 4 is 5.91 Å². The van der Waals surface area contributed by atoms with Crippen molar-refractivity contribution in [1.29, 1.82) is 0 Å². The first-order valence-corrected chi connectivity index (χ1v) is 37.0. The maximum absolute atomic E-state index is 13.3. The van der Waals surface area contributed by atoms with E-state index in [0.29, 0.717) is 12.8 Å². The fraction of sp³-hybridized carbons (Fsp3) is 0.853. The lowest BCUT2D eigenvalue weighted by Gasteiger charge is -2.46. The number of amides is 1. The number of nitrogens with one attached hydrogen (secondary N) is 1. The highest BCUT2D eigenvalue weighted by atomic mass is 16.7. The van der Waals surface area contributed by atoms with Crippen LogP contribution in [-0.4, -0.2) is 140 Å². The van der Waals surface area contributed by atoms with E-state index in [1.54, 1.807) is 6.08 Å². The Balaban J connectivity index is 1.57. The summed E-state index contributed by atoms with van der Waals surface area (Å²) >= 11 is 0. The molecule has 1 amide bonds. The van der Waals surface area contributed by atoms with Gasteiger partial charge in [0.05, 0.1) is 32.0 Å². The minimum atomic E-state index is -1.79. The molecule has 2 rings (SSSR count). The molecule has 2 heterocycles. The summed E-state index contributed by atoms with van der Waals surface area (Å²) in [5, 5.41) is 87.3. The third-order valence-electron chi connectivity index (χ3n) is 17.9. The predicted molar refractivity (Wildman–Crippen MR) is 364 cm³/mol. The van der Waals surface area contributed by atoms with Gasteiger partial charge in [0.2, 0.25) is 5.91 Å². The molecule has 12 atom stereocenters. The molecule has 0 saturated carbocycles. The Morgan fingerprint density at radius 2 is 0.753 bits per heavy atom. The molecule has 9 N–H and O–H groups in total. The van der Waals surface area contributed by atoms with Crippen LogP contribution in [0.25, 0.3) is 0 Å². The average Bonchev–Trinajstić information content (AvgIpc) is 2.55. The molecule has 14 nitrogen and oxygen atoms in total. The van der Waals surface area contributed by atoms with Crippen molar-refractivity contribution in [3.05, 3.63) is 60.8 Å². The van der Waals surface area contributed by atoms with E-state index < -0.39 is 86.8 Å². The molecule has 0 spiro atoms. The second-order valence-electron chi connectivity index (χ2n) is 26.1. The Bertz CT molecular complexity index is 1720. The maximum atomic E-state index is 13.3. The highest BCUT2D eigenvalue weighted by Crippen LogP contribution is 2.30. The van der Waals surface area contributed by atoms with E-state index >= 15 is 0 Å². The van der Waals surface area contributed by atoms with E-state index in [-0.39, 0.29) is 18.9 Å². The molecule has 0 aromatic rings. The van der Waals surface area contributed by atoms with Gasteiger partial charge < -0.3 is 65.1 Å². The summed E-state index contributed by atoms with van der Waals surface area (Å²) in [6.07, 6.45) is 63.1. The first kappa shape index (κ1) is 82.8. The van der Waals surface area contributed by atoms with E-state index in [1.807, 2.05) is 6.08 Å². The fourth-order valence-corrected chi connectivity index (χ4v) is 12.0. The second kappa shape index (κ2) is 59.4. The molecular weight excluding hydrogens is 1120 g/mol. The number of allylic oxidation sites excluding steroid dienone is 9. The van der Waals surface area contributed by atoms with Crippen molar-refractivity contribution in [2.45, 2.75) is 389 Å². The first-order chi connectivity index (χ1) is 43.6. The SMILES string of the molecule is CCCCCCC/C=C\C/C=C\C/C=C\CCCCCCCCCCCCCCCCCCCCCCCCCCC(=O)NC(COC1OC(CO)C(OC2OC(CO)C(O)C(O)C2O)C(O)C1O)C(O)/C=C/CC/C=C/CCCCCCCCCCCC. The number of unbranched alkanes of at least 4 members (excludes halogenated alkanes) is 40. The Labute approximate surface area is 543 Å². The summed E-state index contributed by atoms with van der Waals surface area (Å²) in [5.74, 6) is -0.245. The van der Waals surface area contributed by atoms with Crippen LogP contribution in [0.1, 0.15) is 316 Å². The van der Waals surface area contributed by atoms with E-state index in [0.717, 1.165) is 44.9 Å². The lowest BCUT2D eigenvalue weighted by Crippen LogP contribution is -2.65. The highest BCUT2D eigenvalue weighted by molar-refractivity contribution is 5.76. The van der Waals surface area contributed by atoms with Crippen LogP contribution in [0, 0.1) is 0 Å². The molecule has 2 aliphatic rings. The zero-order chi connectivity index (χ0) is 64.5. The number of rotatable bonds is 61. The summed E-state index contributed by atoms with van der Waals surface area (Å²) < 4.78 is 22.8. The van der Waals surface area contributed by atoms with Crippen LogP contribution in [0.2, 0.25) is 0 Å². The maximum Gasteiger partial charge on any atom is 0.220 e. The topological polar surface area (TPSA) is 228 Å². The fourth-order valence-electron chi connectivity index (χ4n) is 12.0. The molecule has 0 bridgehead atoms. The molecule has 2 fully saturated rings. The zero-order valence-electron chi connectivity index (χ0n) is 56.7. The summed E-state index contributed by atoms with van der Waals surface area (Å²) in [4.78, 5) is 13.3. The van der Waals surface area contributed by atoms with Gasteiger partial charge in [0.15, 0.2) is 12.6 Å². The van der Waals surface area contributed by atoms with Crippen LogP contribution in [0.15, 0.2) is 60.8 Å². The van der Waals surface area contributed by atoms with E-state index in [9.17, 15) is 45.6 Å². The molecule has 0 aromatic heterocycles. The molecule has 0 aliphatic carbocycles. The smallest absolute Gasteiger partial charge is 0.220 e. The predicted octanol–water partition coefficient (Wildman–Crippen LogP) is 15.6. The van der Waals surface area contributed by atoms with Crippen LogP contribution < -0.4 is 5.32 Å². The van der Waals surface area contributed by atoms with Gasteiger partial charge >= 0.3 is 0 Å². The van der Waals surface area contributed by atoms with Crippen molar-refractivity contribution in [3.8, 4) is 0 Å². The average molecular weight is 1260 g/mol. The summed E-state index contributed by atoms with van der Waals surface area (Å²) in [6.45, 7) is 2.79. The van der Waals surface area contributed by atoms with Crippen molar-refractivity contribution in [2.75, 3.05) is 19.8 Å². The van der Waals surface area contributed by atoms with Crippen LogP contribution in [0.3, 0.4) is 0 Å². The van der Waals surface area contributed by atoms with Crippen LogP contribution >= 0.6 is 0 Å². The van der Waals surface area contributed by atoms with Gasteiger partial charge in [0.1, 0.15) is 48.8 Å². The minimum Gasteiger partial charge on any atom is -0.394 e. The van der Waals surface area contributed by atoms with Crippen molar-refractivity contribution in [2.24, 2.45) is 0 Å². The third kappa shape index (κ3) is 43.3. The molecule has 520 valence electrons. The Kier molecular flexibility index (Phi) is 55.3. The van der Waals surface area contributed by atoms with E-state index in [4.69, 9.17) is 18.9 Å². The lowest BCUT2D eigenvalue weighted by atomic mass is 9.97. The monoisotopic (exact) mass is 1260 g/mol. The standard InChI is InChI=1S/C75H137NO13/c1-3-5-7-9-11-13-15-17-19-21-22-23-24-25-26-27-28-29-30-31-32-33-34-35-36-37-38-39-40-41-42-43-45-47-49-51-53-55-57-59-67(80)76-63(64(79)58-56-54-52-50-48-46-44-20-18-16-14-12-10-8-6-4-2)62-86-74-72(85)70(83)73(66(61-78)88-74)89-75-71(84)69(82)68(81)65(60-77)87-75/h15,17,21-22,24-25,48,50,56,58,63-66,68-75,77-79,81-85H,3-14,16,18-20,23,26-47,49,51-55,57,59-62H2,1-2H3,(H,76,80)/b17-15-,22-21-,25-24-,50-48+,58-56+. The number of ether oxygens (including phenoxy) is 4. The summed E-state index contributed by atoms with van der Waals surface area (Å²) in [7, 11) is 0. The summed E-state index contributed by atoms with van der Waals surface area (Å²) in [6, 6.07) is -0.931. The molecule has 2 aliphatic heterocycles. The van der Waals surface area contributed by atoms with E-state index in [1.165, 1.54) is 238 Å². The number of carbonyl (C=O) groups is 1. The van der Waals surface area contributed by atoms with Crippen LogP contribution in [-0.2, 0) is 23.7 Å². The van der Waals surface area contributed by atoms with Gasteiger partial charge in [-0.3, -0.25) is 4.79 Å². The van der Waals surface area contributed by atoms with Gasteiger partial charge in [0, 0.05) is 6.42 Å². The second-order valence-corrected chi connectivity index (χ2v) is 26.1. The Hall–Kier alpha value is -2.31. The number of hydrogen-bond donors (Lipinski definition) is 9. The van der Waals surface area contributed by atoms with Gasteiger partial charge in [0.25, 0.3) is 0 Å². The van der Waals surface area contributed by atoms with E-state index in [2.05, 4.69) is 67.8 Å². The number of aliphatic hydroxyl groups excluding tert-OH is 8. The van der Waals surface area contributed by atoms with Gasteiger partial charge in [-0.1, -0.05) is 299 Å². The van der Waals surface area contributed by atoms with Gasteiger partial charge in [-0.05, 0) is 70.6 Å². The van der Waals surface area contributed by atoms with Gasteiger partial charge in [-0.2, -0.15) is 0 Å². The van der Waals surface area contributed by atoms with Crippen molar-refractivity contribution < 1.29 is 64.6 Å². The number of aliphatic hydroxyl groups is 8. The Morgan fingerprint density at radius 3 is 1.18 bits per heavy atom. The van der Waals surface area contributed by atoms with Crippen molar-refractivity contribution in [3.63, 3.8) is 0 Å². The molecule has 2 saturated heterocycles. The van der Waals surface area contributed by atoms with Crippen LogP contribution in [0.5, 0.6) is 0 Å². The molecule has 0 aromatic carbocycles. The normalized spacial score (nSPS) is 23.3. The number of hydrogen-bond acceptors (Lipinski definition) is 13. The minimum absolute atomic E-state index is 0.245. The molecular formula is C75H137NO13. The quantitative estimate of drug-likeness (QED) is 0.0204. The summed E-state index contributed by atoms with van der Waals surface area (Å²) in [5.41, 5.74) is 0. The zero-order valence-corrected chi connectivity index (χ0v) is 56.7. The van der Waals surface area contributed by atoms with Gasteiger partial charge in [-0.25, -0.2) is 0 Å². The first-order valence-electron chi connectivity index (χ1n) is 37.0. The highest BCUT2D eigenvalue weighted by Gasteiger charge is 2.51. The van der Waals surface area contributed by atoms with Gasteiger partial charge in [-0.15, -0.1) is 0 Å². The Morgan fingerprint density at radius 1 is 0.404 bits per heavy atom. The molecule has 0 radical (unpaired) electrons.